The number of esters is 1. The highest BCUT2D eigenvalue weighted by Gasteiger charge is 2.33. The molecule has 23 heavy (non-hydrogen) atoms. The fourth-order valence-corrected chi connectivity index (χ4v) is 3.32. The minimum absolute atomic E-state index is 0.129. The van der Waals surface area contributed by atoms with E-state index in [-0.39, 0.29) is 6.03 Å². The molecule has 2 fully saturated rings. The average Bonchev–Trinajstić information content (AvgIpc) is 2.60. The van der Waals surface area contributed by atoms with Crippen LogP contribution in [0.25, 0.3) is 0 Å². The van der Waals surface area contributed by atoms with E-state index >= 15 is 0 Å². The molecular formula is C17H22N2O4. The van der Waals surface area contributed by atoms with Gasteiger partial charge in [0.2, 0.25) is 0 Å². The van der Waals surface area contributed by atoms with Crippen LogP contribution in [0.1, 0.15) is 29.6 Å². The number of nitrogens with zero attached hydrogens (tertiary/aromatic N) is 1. The lowest BCUT2D eigenvalue weighted by Gasteiger charge is -2.40. The second-order valence-electron chi connectivity index (χ2n) is 6.05. The largest absolute Gasteiger partial charge is 0.465 e. The van der Waals surface area contributed by atoms with Crippen molar-refractivity contribution < 1.29 is 19.1 Å². The lowest BCUT2D eigenvalue weighted by molar-refractivity contribution is -0.0578. The van der Waals surface area contributed by atoms with Gasteiger partial charge in [0.25, 0.3) is 0 Å². The number of rotatable bonds is 2. The van der Waals surface area contributed by atoms with Gasteiger partial charge in [-0.25, -0.2) is 9.59 Å². The number of carbonyl (C=O) groups excluding carboxylic acids is 2. The van der Waals surface area contributed by atoms with Crippen molar-refractivity contribution in [1.82, 2.24) is 4.90 Å². The maximum absolute atomic E-state index is 12.5. The Bertz CT molecular complexity index is 590. The van der Waals surface area contributed by atoms with Crippen LogP contribution in [-0.2, 0) is 9.47 Å². The second kappa shape index (κ2) is 7.00. The number of urea groups is 1. The summed E-state index contributed by atoms with van der Waals surface area (Å²) < 4.78 is 10.5. The first-order valence-electron chi connectivity index (χ1n) is 8.03. The topological polar surface area (TPSA) is 67.9 Å². The molecule has 0 spiro atoms. The van der Waals surface area contributed by atoms with Crippen LogP contribution in [0.15, 0.2) is 24.3 Å². The van der Waals surface area contributed by atoms with E-state index in [4.69, 9.17) is 9.47 Å². The van der Waals surface area contributed by atoms with Crippen LogP contribution in [0, 0.1) is 5.92 Å². The van der Waals surface area contributed by atoms with E-state index in [0.717, 1.165) is 32.4 Å². The Morgan fingerprint density at radius 1 is 1.35 bits per heavy atom. The van der Waals surface area contributed by atoms with Gasteiger partial charge in [-0.2, -0.15) is 0 Å². The Hall–Kier alpha value is -2.08. The van der Waals surface area contributed by atoms with E-state index in [0.29, 0.717) is 29.8 Å². The molecule has 1 aromatic carbocycles. The SMILES string of the molecule is COC(=O)c1cccc(NC(=O)N2CC[C@H]3OCCC[C@@H]3C2)c1. The molecule has 0 saturated carbocycles. The van der Waals surface area contributed by atoms with Crippen molar-refractivity contribution in [2.75, 3.05) is 32.1 Å². The third-order valence-electron chi connectivity index (χ3n) is 4.54. The van der Waals surface area contributed by atoms with Gasteiger partial charge in [0.05, 0.1) is 18.8 Å². The van der Waals surface area contributed by atoms with Crippen LogP contribution >= 0.6 is 0 Å². The van der Waals surface area contributed by atoms with Gasteiger partial charge in [0, 0.05) is 31.3 Å². The maximum atomic E-state index is 12.5. The molecule has 2 atom stereocenters. The van der Waals surface area contributed by atoms with Crippen molar-refractivity contribution in [3.05, 3.63) is 29.8 Å². The predicted octanol–water partition coefficient (Wildman–Crippen LogP) is 2.51. The number of benzene rings is 1. The van der Waals surface area contributed by atoms with Gasteiger partial charge in [-0.1, -0.05) is 6.07 Å². The molecule has 2 aliphatic rings. The molecule has 2 saturated heterocycles. The normalized spacial score (nSPS) is 23.8. The Labute approximate surface area is 135 Å². The molecule has 6 heteroatoms. The summed E-state index contributed by atoms with van der Waals surface area (Å²) in [5, 5.41) is 2.86. The number of likely N-dealkylation sites (tertiary alicyclic amines) is 1. The number of ether oxygens (including phenoxy) is 2. The van der Waals surface area contributed by atoms with Crippen LogP contribution < -0.4 is 5.32 Å². The molecule has 3 rings (SSSR count). The highest BCUT2D eigenvalue weighted by atomic mass is 16.5. The lowest BCUT2D eigenvalue weighted by atomic mass is 9.89. The minimum atomic E-state index is -0.415. The van der Waals surface area contributed by atoms with Crippen LogP contribution in [-0.4, -0.2) is 49.8 Å². The van der Waals surface area contributed by atoms with Crippen LogP contribution in [0.4, 0.5) is 10.5 Å². The van der Waals surface area contributed by atoms with E-state index in [1.54, 1.807) is 24.3 Å². The van der Waals surface area contributed by atoms with Gasteiger partial charge in [0.15, 0.2) is 0 Å². The zero-order chi connectivity index (χ0) is 16.2. The Balaban J connectivity index is 1.62. The molecule has 124 valence electrons. The third kappa shape index (κ3) is 3.64. The minimum Gasteiger partial charge on any atom is -0.465 e. The molecule has 2 aliphatic heterocycles. The molecular weight excluding hydrogens is 296 g/mol. The lowest BCUT2D eigenvalue weighted by Crippen LogP contribution is -2.49. The summed E-state index contributed by atoms with van der Waals surface area (Å²) in [6.45, 7) is 2.27. The van der Waals surface area contributed by atoms with Gasteiger partial charge in [-0.3, -0.25) is 0 Å². The number of amides is 2. The van der Waals surface area contributed by atoms with E-state index in [9.17, 15) is 9.59 Å². The zero-order valence-corrected chi connectivity index (χ0v) is 13.3. The van der Waals surface area contributed by atoms with Gasteiger partial charge in [-0.05, 0) is 37.5 Å². The summed E-state index contributed by atoms with van der Waals surface area (Å²) in [5.41, 5.74) is 1.02. The summed E-state index contributed by atoms with van der Waals surface area (Å²) >= 11 is 0. The van der Waals surface area contributed by atoms with E-state index in [1.807, 2.05) is 4.90 Å². The first-order chi connectivity index (χ1) is 11.2. The number of carbonyl (C=O) groups is 2. The molecule has 0 radical (unpaired) electrons. The fourth-order valence-electron chi connectivity index (χ4n) is 3.32. The summed E-state index contributed by atoms with van der Waals surface area (Å²) in [4.78, 5) is 25.8. The molecule has 0 aromatic heterocycles. The molecule has 1 aromatic rings. The third-order valence-corrected chi connectivity index (χ3v) is 4.54. The Kier molecular flexibility index (Phi) is 4.81. The second-order valence-corrected chi connectivity index (χ2v) is 6.05. The summed E-state index contributed by atoms with van der Waals surface area (Å²) in [6, 6.07) is 6.65. The Morgan fingerprint density at radius 2 is 2.22 bits per heavy atom. The molecule has 6 nitrogen and oxygen atoms in total. The highest BCUT2D eigenvalue weighted by molar-refractivity contribution is 5.93. The van der Waals surface area contributed by atoms with Crippen molar-refractivity contribution in [2.24, 2.45) is 5.92 Å². The van der Waals surface area contributed by atoms with E-state index in [1.165, 1.54) is 7.11 Å². The number of anilines is 1. The first-order valence-corrected chi connectivity index (χ1v) is 8.03. The van der Waals surface area contributed by atoms with Crippen LogP contribution in [0.5, 0.6) is 0 Å². The van der Waals surface area contributed by atoms with Crippen molar-refractivity contribution in [1.29, 1.82) is 0 Å². The number of nitrogens with one attached hydrogen (secondary N) is 1. The van der Waals surface area contributed by atoms with Gasteiger partial charge < -0.3 is 19.7 Å². The number of piperidine rings is 1. The first kappa shape index (κ1) is 15.8. The average molecular weight is 318 g/mol. The quantitative estimate of drug-likeness (QED) is 0.851. The highest BCUT2D eigenvalue weighted by Crippen LogP contribution is 2.28. The molecule has 2 heterocycles. The van der Waals surface area contributed by atoms with Gasteiger partial charge >= 0.3 is 12.0 Å². The van der Waals surface area contributed by atoms with E-state index < -0.39 is 5.97 Å². The number of fused-ring (bicyclic) bond motifs is 1. The van der Waals surface area contributed by atoms with Crippen LogP contribution in [0.2, 0.25) is 0 Å². The number of methoxy groups -OCH3 is 1. The zero-order valence-electron chi connectivity index (χ0n) is 13.3. The maximum Gasteiger partial charge on any atom is 0.337 e. The smallest absolute Gasteiger partial charge is 0.337 e. The predicted molar refractivity (Wildman–Crippen MR) is 85.5 cm³/mol. The van der Waals surface area contributed by atoms with Crippen LogP contribution in [0.3, 0.4) is 0 Å². The van der Waals surface area contributed by atoms with Crippen molar-refractivity contribution in [3.8, 4) is 0 Å². The van der Waals surface area contributed by atoms with Crippen molar-refractivity contribution in [2.45, 2.75) is 25.4 Å². The van der Waals surface area contributed by atoms with Gasteiger partial charge in [0.1, 0.15) is 0 Å². The standard InChI is InChI=1S/C17H22N2O4/c1-22-16(20)12-4-2-6-14(10-12)18-17(21)19-8-7-15-13(11-19)5-3-9-23-15/h2,4,6,10,13,15H,3,5,7-9,11H2,1H3,(H,18,21)/t13-,15-/m1/s1. The number of hydrogen-bond acceptors (Lipinski definition) is 4. The van der Waals surface area contributed by atoms with Gasteiger partial charge in [-0.15, -0.1) is 0 Å². The van der Waals surface area contributed by atoms with E-state index in [2.05, 4.69) is 5.32 Å². The molecule has 0 aliphatic carbocycles. The summed E-state index contributed by atoms with van der Waals surface area (Å²) in [7, 11) is 1.34. The monoisotopic (exact) mass is 318 g/mol. The number of hydrogen-bond donors (Lipinski definition) is 1. The summed E-state index contributed by atoms with van der Waals surface area (Å²) in [6.07, 6.45) is 3.38. The van der Waals surface area contributed by atoms with Crippen molar-refractivity contribution >= 4 is 17.7 Å². The molecule has 1 N–H and O–H groups in total. The molecule has 0 unspecified atom stereocenters. The molecule has 0 bridgehead atoms. The summed E-state index contributed by atoms with van der Waals surface area (Å²) in [5.74, 6) is 0.0194. The fraction of sp³-hybridized carbons (Fsp3) is 0.529. The molecule has 2 amide bonds. The Morgan fingerprint density at radius 3 is 3.04 bits per heavy atom. The van der Waals surface area contributed by atoms with Crippen molar-refractivity contribution in [3.63, 3.8) is 0 Å².